The van der Waals surface area contributed by atoms with Gasteiger partial charge in [-0.2, -0.15) is 0 Å². The number of nitrogens with one attached hydrogen (secondary N) is 1. The second-order valence-electron chi connectivity index (χ2n) is 5.04. The van der Waals surface area contributed by atoms with E-state index in [0.717, 1.165) is 0 Å². The zero-order valence-electron chi connectivity index (χ0n) is 12.2. The molecule has 0 unspecified atom stereocenters. The van der Waals surface area contributed by atoms with Crippen molar-refractivity contribution in [2.45, 2.75) is 6.54 Å². The van der Waals surface area contributed by atoms with Crippen LogP contribution in [0.25, 0.3) is 0 Å². The number of carbonyl (C=O) groups is 1. The normalized spacial score (nSPS) is 10.9. The van der Waals surface area contributed by atoms with E-state index in [1.807, 2.05) is 0 Å². The molecule has 0 atom stereocenters. The van der Waals surface area contributed by atoms with Crippen LogP contribution in [0.4, 0.5) is 14.5 Å². The van der Waals surface area contributed by atoms with Crippen LogP contribution in [0.5, 0.6) is 0 Å². The Morgan fingerprint density at radius 2 is 1.91 bits per heavy atom. The van der Waals surface area contributed by atoms with Crippen molar-refractivity contribution in [1.82, 2.24) is 4.90 Å². The molecule has 0 aliphatic carbocycles. The number of rotatable bonds is 5. The Hall–Kier alpha value is -1.69. The summed E-state index contributed by atoms with van der Waals surface area (Å²) in [4.78, 5) is 13.5. The average Bonchev–Trinajstić information content (AvgIpc) is 2.47. The lowest BCUT2D eigenvalue weighted by Gasteiger charge is -2.17. The largest absolute Gasteiger partial charge is 0.322 e. The standard InChI is InChI=1S/C16H14Cl2F2N2O/c1-22(8-11-12(18)3-2-4-13(11)19)9-16(23)21-15-7-10(17)5-6-14(15)20/h2-7H,8-9H2,1H3,(H,21,23). The molecule has 0 aliphatic rings. The molecule has 0 aromatic heterocycles. The molecule has 1 amide bonds. The van der Waals surface area contributed by atoms with Gasteiger partial charge in [0.2, 0.25) is 5.91 Å². The van der Waals surface area contributed by atoms with Crippen molar-refractivity contribution >= 4 is 34.8 Å². The molecule has 2 aromatic rings. The van der Waals surface area contributed by atoms with E-state index < -0.39 is 17.5 Å². The molecule has 1 N–H and O–H groups in total. The Kier molecular flexibility index (Phi) is 5.93. The third kappa shape index (κ3) is 4.89. The summed E-state index contributed by atoms with van der Waals surface area (Å²) in [6.07, 6.45) is 0. The molecule has 2 rings (SSSR count). The Balaban J connectivity index is 1.98. The number of hydrogen-bond acceptors (Lipinski definition) is 2. The molecular weight excluding hydrogens is 345 g/mol. The predicted molar refractivity (Wildman–Crippen MR) is 87.8 cm³/mol. The summed E-state index contributed by atoms with van der Waals surface area (Å²) in [6.45, 7) is 0.0908. The first kappa shape index (κ1) is 17.7. The summed E-state index contributed by atoms with van der Waals surface area (Å²) in [6, 6.07) is 8.27. The minimum atomic E-state index is -0.581. The maximum absolute atomic E-state index is 13.7. The van der Waals surface area contributed by atoms with Gasteiger partial charge in [0.1, 0.15) is 11.6 Å². The number of hydrogen-bond donors (Lipinski definition) is 1. The fourth-order valence-electron chi connectivity index (χ4n) is 2.04. The summed E-state index contributed by atoms with van der Waals surface area (Å²) in [5.41, 5.74) is 0.304. The monoisotopic (exact) mass is 358 g/mol. The highest BCUT2D eigenvalue weighted by Crippen LogP contribution is 2.21. The second-order valence-corrected chi connectivity index (χ2v) is 5.89. The van der Waals surface area contributed by atoms with Crippen molar-refractivity contribution in [3.63, 3.8) is 0 Å². The molecule has 0 aliphatic heterocycles. The second kappa shape index (κ2) is 7.73. The van der Waals surface area contributed by atoms with Crippen molar-refractivity contribution in [1.29, 1.82) is 0 Å². The molecule has 0 heterocycles. The van der Waals surface area contributed by atoms with Gasteiger partial charge in [0, 0.05) is 22.2 Å². The summed E-state index contributed by atoms with van der Waals surface area (Å²) in [5, 5.41) is 3.03. The SMILES string of the molecule is CN(CC(=O)Nc1cc(Cl)ccc1F)Cc1c(F)cccc1Cl. The average molecular weight is 359 g/mol. The first-order valence-electron chi connectivity index (χ1n) is 6.73. The van der Waals surface area contributed by atoms with Crippen LogP contribution in [0.2, 0.25) is 10.0 Å². The van der Waals surface area contributed by atoms with Crippen molar-refractivity contribution in [2.75, 3.05) is 18.9 Å². The van der Waals surface area contributed by atoms with E-state index in [1.165, 1.54) is 30.3 Å². The number of benzene rings is 2. The third-order valence-corrected chi connectivity index (χ3v) is 3.69. The van der Waals surface area contributed by atoms with Crippen molar-refractivity contribution < 1.29 is 13.6 Å². The van der Waals surface area contributed by atoms with Crippen LogP contribution in [0.1, 0.15) is 5.56 Å². The van der Waals surface area contributed by atoms with Crippen LogP contribution >= 0.6 is 23.2 Å². The number of carbonyl (C=O) groups excluding carboxylic acids is 1. The lowest BCUT2D eigenvalue weighted by atomic mass is 10.2. The predicted octanol–water partition coefficient (Wildman–Crippen LogP) is 4.34. The van der Waals surface area contributed by atoms with E-state index in [2.05, 4.69) is 5.32 Å². The van der Waals surface area contributed by atoms with Crippen LogP contribution in [0.15, 0.2) is 36.4 Å². The number of nitrogens with zero attached hydrogens (tertiary/aromatic N) is 1. The van der Waals surface area contributed by atoms with Crippen LogP contribution < -0.4 is 5.32 Å². The molecule has 0 fully saturated rings. The highest BCUT2D eigenvalue weighted by atomic mass is 35.5. The molecule has 23 heavy (non-hydrogen) atoms. The smallest absolute Gasteiger partial charge is 0.238 e. The molecule has 0 radical (unpaired) electrons. The first-order chi connectivity index (χ1) is 10.9. The van der Waals surface area contributed by atoms with E-state index in [-0.39, 0.29) is 23.8 Å². The molecule has 2 aromatic carbocycles. The van der Waals surface area contributed by atoms with Gasteiger partial charge in [0.15, 0.2) is 0 Å². The molecule has 0 saturated carbocycles. The highest BCUT2D eigenvalue weighted by molar-refractivity contribution is 6.31. The van der Waals surface area contributed by atoms with E-state index in [0.29, 0.717) is 10.6 Å². The van der Waals surface area contributed by atoms with E-state index in [9.17, 15) is 13.6 Å². The fourth-order valence-corrected chi connectivity index (χ4v) is 2.43. The zero-order chi connectivity index (χ0) is 17.0. The molecule has 122 valence electrons. The Labute approximate surface area is 142 Å². The van der Waals surface area contributed by atoms with Gasteiger partial charge in [0.05, 0.1) is 12.2 Å². The van der Waals surface area contributed by atoms with Gasteiger partial charge in [-0.1, -0.05) is 29.3 Å². The van der Waals surface area contributed by atoms with Gasteiger partial charge >= 0.3 is 0 Å². The first-order valence-corrected chi connectivity index (χ1v) is 7.48. The van der Waals surface area contributed by atoms with Gasteiger partial charge in [-0.25, -0.2) is 8.78 Å². The topological polar surface area (TPSA) is 32.3 Å². The van der Waals surface area contributed by atoms with Crippen molar-refractivity contribution in [3.05, 3.63) is 63.6 Å². The number of anilines is 1. The van der Waals surface area contributed by atoms with E-state index in [4.69, 9.17) is 23.2 Å². The lowest BCUT2D eigenvalue weighted by molar-refractivity contribution is -0.117. The van der Waals surface area contributed by atoms with Gasteiger partial charge in [-0.05, 0) is 37.4 Å². The Bertz CT molecular complexity index is 705. The van der Waals surface area contributed by atoms with Crippen LogP contribution in [-0.2, 0) is 11.3 Å². The van der Waals surface area contributed by atoms with Crippen molar-refractivity contribution in [3.8, 4) is 0 Å². The summed E-state index contributed by atoms with van der Waals surface area (Å²) in [7, 11) is 1.64. The minimum Gasteiger partial charge on any atom is -0.322 e. The number of likely N-dealkylation sites (N-methyl/N-ethyl adjacent to an activating group) is 1. The number of halogens is 4. The Morgan fingerprint density at radius 1 is 1.17 bits per heavy atom. The quantitative estimate of drug-likeness (QED) is 0.861. The van der Waals surface area contributed by atoms with Gasteiger partial charge < -0.3 is 5.32 Å². The summed E-state index contributed by atoms with van der Waals surface area (Å²) >= 11 is 11.7. The number of amides is 1. The lowest BCUT2D eigenvalue weighted by Crippen LogP contribution is -2.30. The molecule has 0 saturated heterocycles. The fraction of sp³-hybridized carbons (Fsp3) is 0.188. The molecule has 0 spiro atoms. The van der Waals surface area contributed by atoms with Gasteiger partial charge in [-0.3, -0.25) is 9.69 Å². The molecule has 0 bridgehead atoms. The van der Waals surface area contributed by atoms with E-state index in [1.54, 1.807) is 18.0 Å². The van der Waals surface area contributed by atoms with E-state index >= 15 is 0 Å². The van der Waals surface area contributed by atoms with Gasteiger partial charge in [0.25, 0.3) is 0 Å². The summed E-state index contributed by atoms with van der Waals surface area (Å²) < 4.78 is 27.3. The third-order valence-electron chi connectivity index (χ3n) is 3.11. The molecule has 7 heteroatoms. The Morgan fingerprint density at radius 3 is 2.61 bits per heavy atom. The maximum atomic E-state index is 13.7. The molecule has 3 nitrogen and oxygen atoms in total. The highest BCUT2D eigenvalue weighted by Gasteiger charge is 2.14. The van der Waals surface area contributed by atoms with Crippen LogP contribution in [0.3, 0.4) is 0 Å². The molecular formula is C16H14Cl2F2N2O. The van der Waals surface area contributed by atoms with Crippen LogP contribution in [0, 0.1) is 11.6 Å². The minimum absolute atomic E-state index is 0.000163. The maximum Gasteiger partial charge on any atom is 0.238 e. The van der Waals surface area contributed by atoms with Crippen LogP contribution in [-0.4, -0.2) is 24.4 Å². The van der Waals surface area contributed by atoms with Gasteiger partial charge in [-0.15, -0.1) is 0 Å². The van der Waals surface area contributed by atoms with Crippen molar-refractivity contribution in [2.24, 2.45) is 0 Å². The zero-order valence-corrected chi connectivity index (χ0v) is 13.8. The summed E-state index contributed by atoms with van der Waals surface area (Å²) in [5.74, 6) is -1.46.